The zero-order chi connectivity index (χ0) is 14.6. The van der Waals surface area contributed by atoms with Gasteiger partial charge in [-0.25, -0.2) is 8.42 Å². The Bertz CT molecular complexity index is 564. The summed E-state index contributed by atoms with van der Waals surface area (Å²) in [5.74, 6) is -1.73. The number of hydrogen-bond acceptors (Lipinski definition) is 4. The molecule has 0 aliphatic rings. The number of carbonyl (C=O) groups excluding carboxylic acids is 2. The summed E-state index contributed by atoms with van der Waals surface area (Å²) < 4.78 is 25.1. The molecule has 1 aromatic rings. The maximum Gasteiger partial charge on any atom is 0.244 e. The highest BCUT2D eigenvalue weighted by molar-refractivity contribution is 7.89. The van der Waals surface area contributed by atoms with E-state index in [9.17, 15) is 18.0 Å². The minimum absolute atomic E-state index is 0.0272. The van der Waals surface area contributed by atoms with E-state index in [1.54, 1.807) is 19.1 Å². The van der Waals surface area contributed by atoms with E-state index in [-0.39, 0.29) is 4.90 Å². The van der Waals surface area contributed by atoms with Crippen LogP contribution in [0.2, 0.25) is 0 Å². The zero-order valence-electron chi connectivity index (χ0n) is 10.4. The SMILES string of the molecule is Cc1ccc(S(=O)(=O)N(CC(N)=O)CC(N)=O)cc1. The summed E-state index contributed by atoms with van der Waals surface area (Å²) in [5, 5.41) is 0. The first-order chi connectivity index (χ1) is 8.73. The van der Waals surface area contributed by atoms with E-state index in [2.05, 4.69) is 0 Å². The number of hydrogen-bond donors (Lipinski definition) is 2. The molecule has 0 bridgehead atoms. The van der Waals surface area contributed by atoms with Crippen molar-refractivity contribution in [1.82, 2.24) is 4.31 Å². The Hall–Kier alpha value is -1.93. The van der Waals surface area contributed by atoms with Gasteiger partial charge < -0.3 is 11.5 Å². The number of primary amides is 2. The van der Waals surface area contributed by atoms with Crippen LogP contribution in [0.5, 0.6) is 0 Å². The second-order valence-electron chi connectivity index (χ2n) is 4.02. The van der Waals surface area contributed by atoms with Crippen LogP contribution < -0.4 is 11.5 Å². The van der Waals surface area contributed by atoms with Crippen molar-refractivity contribution in [2.24, 2.45) is 11.5 Å². The predicted molar refractivity (Wildman–Crippen MR) is 68.3 cm³/mol. The molecule has 7 nitrogen and oxygen atoms in total. The number of sulfonamides is 1. The highest BCUT2D eigenvalue weighted by atomic mass is 32.2. The second-order valence-corrected chi connectivity index (χ2v) is 5.96. The summed E-state index contributed by atoms with van der Waals surface area (Å²) >= 11 is 0. The normalized spacial score (nSPS) is 11.5. The van der Waals surface area contributed by atoms with Crippen molar-refractivity contribution < 1.29 is 18.0 Å². The molecule has 104 valence electrons. The van der Waals surface area contributed by atoms with Crippen molar-refractivity contribution in [1.29, 1.82) is 0 Å². The van der Waals surface area contributed by atoms with E-state index in [0.29, 0.717) is 4.31 Å². The van der Waals surface area contributed by atoms with Gasteiger partial charge in [-0.2, -0.15) is 4.31 Å². The van der Waals surface area contributed by atoms with Gasteiger partial charge in [0.25, 0.3) is 0 Å². The maximum atomic E-state index is 12.2. The van der Waals surface area contributed by atoms with Gasteiger partial charge in [0.2, 0.25) is 21.8 Å². The summed E-state index contributed by atoms with van der Waals surface area (Å²) in [6, 6.07) is 6.00. The second kappa shape index (κ2) is 5.81. The Morgan fingerprint density at radius 1 is 1.05 bits per heavy atom. The molecule has 0 aliphatic heterocycles. The Kier molecular flexibility index (Phi) is 4.62. The van der Waals surface area contributed by atoms with Gasteiger partial charge in [0.15, 0.2) is 0 Å². The first-order valence-corrected chi connectivity index (χ1v) is 6.81. The van der Waals surface area contributed by atoms with Crippen molar-refractivity contribution in [2.75, 3.05) is 13.1 Å². The molecule has 0 saturated heterocycles. The first kappa shape index (κ1) is 15.1. The van der Waals surface area contributed by atoms with E-state index in [1.807, 2.05) is 0 Å². The van der Waals surface area contributed by atoms with Gasteiger partial charge in [0, 0.05) is 0 Å². The minimum Gasteiger partial charge on any atom is -0.369 e. The fraction of sp³-hybridized carbons (Fsp3) is 0.273. The van der Waals surface area contributed by atoms with Crippen LogP contribution in [0.15, 0.2) is 29.2 Å². The number of nitrogens with two attached hydrogens (primary N) is 2. The van der Waals surface area contributed by atoms with E-state index in [4.69, 9.17) is 11.5 Å². The van der Waals surface area contributed by atoms with Crippen molar-refractivity contribution in [2.45, 2.75) is 11.8 Å². The number of rotatable bonds is 6. The molecule has 0 unspecified atom stereocenters. The minimum atomic E-state index is -3.98. The van der Waals surface area contributed by atoms with Gasteiger partial charge in [0.05, 0.1) is 18.0 Å². The van der Waals surface area contributed by atoms with Gasteiger partial charge in [-0.1, -0.05) is 17.7 Å². The molecule has 1 aromatic carbocycles. The van der Waals surface area contributed by atoms with Crippen LogP contribution in [0.1, 0.15) is 5.56 Å². The average molecular weight is 285 g/mol. The lowest BCUT2D eigenvalue weighted by molar-refractivity contribution is -0.120. The first-order valence-electron chi connectivity index (χ1n) is 5.37. The number of benzene rings is 1. The Balaban J connectivity index is 3.14. The van der Waals surface area contributed by atoms with E-state index >= 15 is 0 Å². The predicted octanol–water partition coefficient (Wildman–Crippen LogP) is -1.04. The van der Waals surface area contributed by atoms with Crippen molar-refractivity contribution in [3.05, 3.63) is 29.8 Å². The number of aryl methyl sites for hydroxylation is 1. The lowest BCUT2D eigenvalue weighted by atomic mass is 10.2. The summed E-state index contributed by atoms with van der Waals surface area (Å²) in [4.78, 5) is 21.7. The van der Waals surface area contributed by atoms with Crippen LogP contribution >= 0.6 is 0 Å². The Morgan fingerprint density at radius 2 is 1.47 bits per heavy atom. The molecule has 19 heavy (non-hydrogen) atoms. The van der Waals surface area contributed by atoms with Crippen molar-refractivity contribution in [3.8, 4) is 0 Å². The third-order valence-corrected chi connectivity index (χ3v) is 4.13. The smallest absolute Gasteiger partial charge is 0.244 e. The number of nitrogens with zero attached hydrogens (tertiary/aromatic N) is 1. The molecule has 0 aliphatic carbocycles. The zero-order valence-corrected chi connectivity index (χ0v) is 11.2. The summed E-state index contributed by atoms with van der Waals surface area (Å²) in [6.45, 7) is 0.610. The van der Waals surface area contributed by atoms with Crippen LogP contribution in [0.25, 0.3) is 0 Å². The molecular formula is C11H15N3O4S. The molecule has 0 atom stereocenters. The van der Waals surface area contributed by atoms with Gasteiger partial charge in [0.1, 0.15) is 0 Å². The van der Waals surface area contributed by atoms with E-state index in [0.717, 1.165) is 5.56 Å². The topological polar surface area (TPSA) is 124 Å². The number of amides is 2. The van der Waals surface area contributed by atoms with Crippen LogP contribution in [0, 0.1) is 6.92 Å². The van der Waals surface area contributed by atoms with Crippen LogP contribution in [0.3, 0.4) is 0 Å². The van der Waals surface area contributed by atoms with E-state index in [1.165, 1.54) is 12.1 Å². The molecule has 0 heterocycles. The van der Waals surface area contributed by atoms with Crippen LogP contribution in [-0.2, 0) is 19.6 Å². The van der Waals surface area contributed by atoms with Gasteiger partial charge >= 0.3 is 0 Å². The van der Waals surface area contributed by atoms with Crippen molar-refractivity contribution >= 4 is 21.8 Å². The Labute approximate surface area is 111 Å². The molecule has 0 fully saturated rings. The third kappa shape index (κ3) is 4.04. The highest BCUT2D eigenvalue weighted by Crippen LogP contribution is 2.15. The molecule has 4 N–H and O–H groups in total. The fourth-order valence-electron chi connectivity index (χ4n) is 1.43. The average Bonchev–Trinajstić information content (AvgIpc) is 2.27. The summed E-state index contributed by atoms with van der Waals surface area (Å²) in [5.41, 5.74) is 10.8. The van der Waals surface area contributed by atoms with Crippen LogP contribution in [0.4, 0.5) is 0 Å². The quantitative estimate of drug-likeness (QED) is 0.692. The van der Waals surface area contributed by atoms with Gasteiger partial charge in [-0.05, 0) is 19.1 Å². The largest absolute Gasteiger partial charge is 0.369 e. The molecule has 1 rings (SSSR count). The number of carbonyl (C=O) groups is 2. The van der Waals surface area contributed by atoms with E-state index < -0.39 is 34.9 Å². The molecule has 2 amide bonds. The summed E-state index contributed by atoms with van der Waals surface area (Å²) in [7, 11) is -3.98. The van der Waals surface area contributed by atoms with Gasteiger partial charge in [-0.15, -0.1) is 0 Å². The van der Waals surface area contributed by atoms with Gasteiger partial charge in [-0.3, -0.25) is 9.59 Å². The molecule has 8 heteroatoms. The van der Waals surface area contributed by atoms with Crippen molar-refractivity contribution in [3.63, 3.8) is 0 Å². The monoisotopic (exact) mass is 285 g/mol. The molecule has 0 saturated carbocycles. The maximum absolute atomic E-state index is 12.2. The standard InChI is InChI=1S/C11H15N3O4S/c1-8-2-4-9(5-3-8)19(17,18)14(6-10(12)15)7-11(13)16/h2-5H,6-7H2,1H3,(H2,12,15)(H2,13,16). The molecular weight excluding hydrogens is 270 g/mol. The lowest BCUT2D eigenvalue weighted by Crippen LogP contribution is -2.43. The summed E-state index contributed by atoms with van der Waals surface area (Å²) in [6.07, 6.45) is 0. The molecule has 0 radical (unpaired) electrons. The molecule has 0 spiro atoms. The lowest BCUT2D eigenvalue weighted by Gasteiger charge is -2.19. The Morgan fingerprint density at radius 3 is 1.84 bits per heavy atom. The molecule has 0 aromatic heterocycles. The third-order valence-electron chi connectivity index (χ3n) is 2.32. The van der Waals surface area contributed by atoms with Crippen LogP contribution in [-0.4, -0.2) is 37.6 Å². The highest BCUT2D eigenvalue weighted by Gasteiger charge is 2.27. The fourth-order valence-corrected chi connectivity index (χ4v) is 2.81.